The molecule has 0 spiro atoms. The van der Waals surface area contributed by atoms with Gasteiger partial charge in [0.2, 0.25) is 0 Å². The Morgan fingerprint density at radius 1 is 1.03 bits per heavy atom. The molecule has 34 heavy (non-hydrogen) atoms. The molecule has 0 aliphatic heterocycles. The number of fused-ring (bicyclic) bond motifs is 1. The zero-order chi connectivity index (χ0) is 24.8. The highest BCUT2D eigenvalue weighted by molar-refractivity contribution is 6.35. The van der Waals surface area contributed by atoms with Gasteiger partial charge in [-0.2, -0.15) is 13.2 Å². The lowest BCUT2D eigenvalue weighted by Crippen LogP contribution is -2.34. The van der Waals surface area contributed by atoms with Crippen LogP contribution in [0, 0.1) is 0 Å². The number of aromatic nitrogens is 3. The largest absolute Gasteiger partial charge is 0.406 e. The zero-order valence-corrected chi connectivity index (χ0v) is 19.5. The first-order valence-corrected chi connectivity index (χ1v) is 10.8. The van der Waals surface area contributed by atoms with Crippen LogP contribution in [0.15, 0.2) is 53.3 Å². The molecule has 0 saturated carbocycles. The number of alkyl halides is 3. The molecule has 0 aliphatic carbocycles. The smallest absolute Gasteiger partial charge is 0.355 e. The third kappa shape index (κ3) is 4.51. The third-order valence-electron chi connectivity index (χ3n) is 4.99. The number of hydrogen-bond acceptors (Lipinski definition) is 3. The molecular weight excluding hydrogens is 516 g/mol. The van der Waals surface area contributed by atoms with Crippen molar-refractivity contribution >= 4 is 51.7 Å². The average Bonchev–Trinajstić information content (AvgIpc) is 3.14. The van der Waals surface area contributed by atoms with Gasteiger partial charge in [-0.25, -0.2) is 4.68 Å². The predicted octanol–water partition coefficient (Wildman–Crippen LogP) is 5.74. The van der Waals surface area contributed by atoms with Gasteiger partial charge in [-0.15, -0.1) is 5.10 Å². The van der Waals surface area contributed by atoms with Crippen LogP contribution in [0.4, 0.5) is 13.2 Å². The lowest BCUT2D eigenvalue weighted by atomic mass is 10.1. The molecule has 6 nitrogen and oxygen atoms in total. The number of pyridine rings is 1. The minimum Gasteiger partial charge on any atom is -0.355 e. The predicted molar refractivity (Wildman–Crippen MR) is 125 cm³/mol. The number of benzene rings is 2. The van der Waals surface area contributed by atoms with E-state index in [1.54, 1.807) is 36.4 Å². The summed E-state index contributed by atoms with van der Waals surface area (Å²) in [5, 5.41) is 7.70. The summed E-state index contributed by atoms with van der Waals surface area (Å²) < 4.78 is 42.0. The topological polar surface area (TPSA) is 68.9 Å². The standard InChI is InChI=1S/C22H14Cl3F3N4O2/c1-29-20(33)15-9-14-18(11-2-4-12(23)5-3-11)32(17-7-6-13(24)8-16(17)25)30-19(14)31(21(15)34)10-22(26,27)28/h2-9H,10H2,1H3,(H,29,33). The highest BCUT2D eigenvalue weighted by atomic mass is 35.5. The second-order valence-corrected chi connectivity index (χ2v) is 8.52. The van der Waals surface area contributed by atoms with E-state index in [1.807, 2.05) is 0 Å². The van der Waals surface area contributed by atoms with Crippen LogP contribution in [0.1, 0.15) is 10.4 Å². The highest BCUT2D eigenvalue weighted by Gasteiger charge is 2.32. The average molecular weight is 530 g/mol. The highest BCUT2D eigenvalue weighted by Crippen LogP contribution is 2.35. The van der Waals surface area contributed by atoms with Crippen LogP contribution >= 0.6 is 34.8 Å². The van der Waals surface area contributed by atoms with Gasteiger partial charge < -0.3 is 5.32 Å². The molecule has 0 fully saturated rings. The molecule has 0 unspecified atom stereocenters. The van der Waals surface area contributed by atoms with Crippen molar-refractivity contribution in [1.29, 1.82) is 0 Å². The van der Waals surface area contributed by atoms with Crippen LogP contribution in [-0.4, -0.2) is 33.5 Å². The van der Waals surface area contributed by atoms with Gasteiger partial charge in [0.1, 0.15) is 12.1 Å². The van der Waals surface area contributed by atoms with Gasteiger partial charge in [-0.05, 0) is 36.4 Å². The number of amides is 1. The number of nitrogens with one attached hydrogen (secondary N) is 1. The van der Waals surface area contributed by atoms with Crippen molar-refractivity contribution in [2.45, 2.75) is 12.7 Å². The Balaban J connectivity index is 2.17. The van der Waals surface area contributed by atoms with E-state index in [4.69, 9.17) is 34.8 Å². The van der Waals surface area contributed by atoms with E-state index >= 15 is 0 Å². The van der Waals surface area contributed by atoms with Crippen molar-refractivity contribution in [3.8, 4) is 16.9 Å². The normalized spacial score (nSPS) is 11.7. The van der Waals surface area contributed by atoms with Crippen molar-refractivity contribution in [1.82, 2.24) is 19.7 Å². The van der Waals surface area contributed by atoms with Crippen LogP contribution in [0.5, 0.6) is 0 Å². The van der Waals surface area contributed by atoms with E-state index in [0.717, 1.165) is 0 Å². The molecule has 4 rings (SSSR count). The van der Waals surface area contributed by atoms with Gasteiger partial charge in [-0.3, -0.25) is 14.2 Å². The van der Waals surface area contributed by atoms with Gasteiger partial charge in [0.15, 0.2) is 5.65 Å². The Hall–Kier alpha value is -3.01. The van der Waals surface area contributed by atoms with E-state index in [1.165, 1.54) is 23.9 Å². The number of nitrogens with zero attached hydrogens (tertiary/aromatic N) is 3. The fourth-order valence-electron chi connectivity index (χ4n) is 3.53. The summed E-state index contributed by atoms with van der Waals surface area (Å²) in [6.45, 7) is -1.64. The minimum atomic E-state index is -4.75. The molecule has 0 saturated heterocycles. The van der Waals surface area contributed by atoms with Crippen LogP contribution in [0.25, 0.3) is 28.0 Å². The third-order valence-corrected chi connectivity index (χ3v) is 5.78. The van der Waals surface area contributed by atoms with Crippen molar-refractivity contribution in [2.75, 3.05) is 7.05 Å². The Kier molecular flexibility index (Phi) is 6.37. The molecule has 0 radical (unpaired) electrons. The summed E-state index contributed by atoms with van der Waals surface area (Å²) in [6.07, 6.45) is -4.75. The number of rotatable bonds is 4. The monoisotopic (exact) mass is 528 g/mol. The maximum atomic E-state index is 13.4. The van der Waals surface area contributed by atoms with Crippen molar-refractivity contribution in [3.63, 3.8) is 0 Å². The van der Waals surface area contributed by atoms with Crippen LogP contribution < -0.4 is 10.9 Å². The molecular formula is C22H14Cl3F3N4O2. The number of carbonyl (C=O) groups is 1. The first kappa shape index (κ1) is 24.1. The Morgan fingerprint density at radius 2 is 1.68 bits per heavy atom. The quantitative estimate of drug-likeness (QED) is 0.367. The number of carbonyl (C=O) groups excluding carboxylic acids is 1. The maximum absolute atomic E-state index is 13.4. The minimum absolute atomic E-state index is 0.135. The lowest BCUT2D eigenvalue weighted by Gasteiger charge is -2.12. The molecule has 2 aromatic carbocycles. The lowest BCUT2D eigenvalue weighted by molar-refractivity contribution is -0.140. The molecule has 1 amide bonds. The van der Waals surface area contributed by atoms with E-state index in [2.05, 4.69) is 10.4 Å². The zero-order valence-electron chi connectivity index (χ0n) is 17.3. The van der Waals surface area contributed by atoms with E-state index < -0.39 is 29.8 Å². The molecule has 1 N–H and O–H groups in total. The van der Waals surface area contributed by atoms with E-state index in [0.29, 0.717) is 31.6 Å². The number of halogens is 6. The van der Waals surface area contributed by atoms with Crippen molar-refractivity contribution < 1.29 is 18.0 Å². The summed E-state index contributed by atoms with van der Waals surface area (Å²) in [5.41, 5.74) is -0.740. The van der Waals surface area contributed by atoms with Gasteiger partial charge in [0.25, 0.3) is 11.5 Å². The van der Waals surface area contributed by atoms with Crippen LogP contribution in [0.2, 0.25) is 15.1 Å². The SMILES string of the molecule is CNC(=O)c1cc2c(-c3ccc(Cl)cc3)n(-c3ccc(Cl)cc3Cl)nc2n(CC(F)(F)F)c1=O. The summed E-state index contributed by atoms with van der Waals surface area (Å²) >= 11 is 18.4. The second-order valence-electron chi connectivity index (χ2n) is 7.24. The summed E-state index contributed by atoms with van der Waals surface area (Å²) in [4.78, 5) is 25.3. The van der Waals surface area contributed by atoms with Crippen LogP contribution in [0.3, 0.4) is 0 Å². The molecule has 0 aliphatic rings. The van der Waals surface area contributed by atoms with Gasteiger partial charge in [0, 0.05) is 28.0 Å². The summed E-state index contributed by atoms with van der Waals surface area (Å²) in [7, 11) is 1.27. The van der Waals surface area contributed by atoms with Crippen LogP contribution in [-0.2, 0) is 6.54 Å². The Morgan fingerprint density at radius 3 is 2.26 bits per heavy atom. The molecule has 176 valence electrons. The fraction of sp³-hybridized carbons (Fsp3) is 0.136. The fourth-order valence-corrected chi connectivity index (χ4v) is 4.15. The first-order chi connectivity index (χ1) is 16.0. The molecule has 2 aromatic heterocycles. The van der Waals surface area contributed by atoms with E-state index in [9.17, 15) is 22.8 Å². The summed E-state index contributed by atoms with van der Waals surface area (Å²) in [5.74, 6) is -0.831. The Labute approximate surface area is 205 Å². The second kappa shape index (κ2) is 8.98. The van der Waals surface area contributed by atoms with Gasteiger partial charge in [-0.1, -0.05) is 46.9 Å². The van der Waals surface area contributed by atoms with Gasteiger partial charge in [0.05, 0.1) is 16.4 Å². The molecule has 2 heterocycles. The molecule has 0 atom stereocenters. The molecule has 12 heteroatoms. The Bertz CT molecular complexity index is 1480. The summed E-state index contributed by atoms with van der Waals surface area (Å²) in [6, 6.07) is 12.2. The first-order valence-electron chi connectivity index (χ1n) is 9.67. The van der Waals surface area contributed by atoms with Crippen molar-refractivity contribution in [2.24, 2.45) is 0 Å². The molecule has 4 aromatic rings. The maximum Gasteiger partial charge on any atom is 0.406 e. The molecule has 0 bridgehead atoms. The number of hydrogen-bond donors (Lipinski definition) is 1. The van der Waals surface area contributed by atoms with E-state index in [-0.39, 0.29) is 16.1 Å². The van der Waals surface area contributed by atoms with Crippen molar-refractivity contribution in [3.05, 3.63) is 79.5 Å². The van der Waals surface area contributed by atoms with Gasteiger partial charge >= 0.3 is 6.18 Å².